The van der Waals surface area contributed by atoms with E-state index in [1.165, 1.54) is 4.90 Å². The van der Waals surface area contributed by atoms with Crippen LogP contribution in [0.4, 0.5) is 0 Å². The molecule has 1 saturated carbocycles. The minimum absolute atomic E-state index is 0.0263. The van der Waals surface area contributed by atoms with Crippen LogP contribution in [0.2, 0.25) is 0 Å². The fourth-order valence-corrected chi connectivity index (χ4v) is 5.72. The predicted octanol–water partition coefficient (Wildman–Crippen LogP) is 3.00. The molecule has 6 nitrogen and oxygen atoms in total. The van der Waals surface area contributed by atoms with Crippen molar-refractivity contribution in [1.82, 2.24) is 4.90 Å². The van der Waals surface area contributed by atoms with Crippen molar-refractivity contribution < 1.29 is 14.6 Å². The Morgan fingerprint density at radius 1 is 1.30 bits per heavy atom. The zero-order valence-corrected chi connectivity index (χ0v) is 18.1. The smallest absolute Gasteiger partial charge is 0.257 e. The summed E-state index contributed by atoms with van der Waals surface area (Å²) < 4.78 is 5.61. The molecule has 1 aliphatic heterocycles. The van der Waals surface area contributed by atoms with Crippen molar-refractivity contribution in [3.8, 4) is 0 Å². The number of nitrogens with zero attached hydrogens (tertiary/aromatic N) is 2. The van der Waals surface area contributed by atoms with E-state index in [1.54, 1.807) is 14.2 Å². The summed E-state index contributed by atoms with van der Waals surface area (Å²) in [4.78, 5) is 20.0. The minimum Gasteiger partial charge on any atom is -0.389 e. The summed E-state index contributed by atoms with van der Waals surface area (Å²) >= 11 is 0. The first-order valence-electron chi connectivity index (χ1n) is 10.9. The molecule has 4 rings (SSSR count). The number of hydrogen-bond donors (Lipinski definition) is 2. The maximum absolute atomic E-state index is 13.6. The van der Waals surface area contributed by atoms with Gasteiger partial charge in [-0.25, -0.2) is 4.99 Å². The van der Waals surface area contributed by atoms with E-state index >= 15 is 0 Å². The molecule has 0 aromatic rings. The highest BCUT2D eigenvalue weighted by Crippen LogP contribution is 2.55. The number of guanidine groups is 1. The highest BCUT2D eigenvalue weighted by molar-refractivity contribution is 6.07. The zero-order chi connectivity index (χ0) is 21.5. The molecule has 1 heterocycles. The number of amides is 1. The molecule has 2 atom stereocenters. The normalized spacial score (nSPS) is 40.0. The third-order valence-electron chi connectivity index (χ3n) is 7.56. The maximum Gasteiger partial charge on any atom is 0.257 e. The van der Waals surface area contributed by atoms with Crippen LogP contribution in [0.15, 0.2) is 52.6 Å². The Balaban J connectivity index is 1.80. The van der Waals surface area contributed by atoms with Crippen LogP contribution < -0.4 is 5.73 Å². The van der Waals surface area contributed by atoms with Crippen molar-refractivity contribution in [3.05, 3.63) is 47.6 Å². The van der Waals surface area contributed by atoms with Crippen LogP contribution in [-0.2, 0) is 9.53 Å². The molecular formula is C24H33N3O3. The molecule has 3 aliphatic carbocycles. The van der Waals surface area contributed by atoms with Gasteiger partial charge in [-0.15, -0.1) is 0 Å². The first kappa shape index (κ1) is 21.1. The molecule has 30 heavy (non-hydrogen) atoms. The number of carbonyl (C=O) groups excluding carboxylic acids is 1. The number of ether oxygens (including phenoxy) is 1. The number of aliphatic hydroxyl groups excluding tert-OH is 1. The van der Waals surface area contributed by atoms with Gasteiger partial charge in [0.2, 0.25) is 0 Å². The zero-order valence-electron chi connectivity index (χ0n) is 18.1. The van der Waals surface area contributed by atoms with Crippen LogP contribution in [-0.4, -0.2) is 53.8 Å². The fourth-order valence-electron chi connectivity index (χ4n) is 5.72. The lowest BCUT2D eigenvalue weighted by Gasteiger charge is -2.49. The number of fused-ring (bicyclic) bond motifs is 1. The van der Waals surface area contributed by atoms with Crippen molar-refractivity contribution in [3.63, 3.8) is 0 Å². The molecule has 1 fully saturated rings. The molecule has 3 N–H and O–H groups in total. The number of allylic oxidation sites excluding steroid dienone is 5. The maximum atomic E-state index is 13.6. The van der Waals surface area contributed by atoms with Crippen molar-refractivity contribution in [2.75, 3.05) is 14.2 Å². The molecule has 0 radical (unpaired) electrons. The monoisotopic (exact) mass is 411 g/mol. The summed E-state index contributed by atoms with van der Waals surface area (Å²) in [5.74, 6) is 0.262. The summed E-state index contributed by atoms with van der Waals surface area (Å²) in [5.41, 5.74) is 8.08. The molecule has 0 aromatic carbocycles. The van der Waals surface area contributed by atoms with Gasteiger partial charge in [-0.2, -0.15) is 0 Å². The van der Waals surface area contributed by atoms with E-state index < -0.39 is 11.6 Å². The molecule has 0 aromatic heterocycles. The summed E-state index contributed by atoms with van der Waals surface area (Å²) in [6, 6.07) is 0. The van der Waals surface area contributed by atoms with Crippen LogP contribution >= 0.6 is 0 Å². The molecule has 162 valence electrons. The van der Waals surface area contributed by atoms with E-state index in [1.807, 2.05) is 6.08 Å². The van der Waals surface area contributed by atoms with Gasteiger partial charge in [0.1, 0.15) is 0 Å². The van der Waals surface area contributed by atoms with Crippen molar-refractivity contribution in [1.29, 1.82) is 0 Å². The van der Waals surface area contributed by atoms with Gasteiger partial charge < -0.3 is 15.6 Å². The lowest BCUT2D eigenvalue weighted by molar-refractivity contribution is -0.137. The second-order valence-electron chi connectivity index (χ2n) is 9.24. The Labute approximate surface area is 178 Å². The number of rotatable bonds is 2. The van der Waals surface area contributed by atoms with Crippen LogP contribution in [0.25, 0.3) is 0 Å². The highest BCUT2D eigenvalue weighted by atomic mass is 16.5. The number of carbonyl (C=O) groups is 1. The predicted molar refractivity (Wildman–Crippen MR) is 118 cm³/mol. The lowest BCUT2D eigenvalue weighted by atomic mass is 9.57. The summed E-state index contributed by atoms with van der Waals surface area (Å²) in [7, 11) is 3.47. The number of aliphatic imine (C=N–C) groups is 1. The Bertz CT molecular complexity index is 861. The van der Waals surface area contributed by atoms with E-state index in [4.69, 9.17) is 15.5 Å². The summed E-state index contributed by atoms with van der Waals surface area (Å²) in [6.07, 6.45) is 14.3. The Morgan fingerprint density at radius 3 is 2.60 bits per heavy atom. The minimum atomic E-state index is -0.928. The van der Waals surface area contributed by atoms with Gasteiger partial charge in [0, 0.05) is 26.0 Å². The average Bonchev–Trinajstić information content (AvgIpc) is 3.26. The Hall–Kier alpha value is -2.18. The van der Waals surface area contributed by atoms with Gasteiger partial charge in [-0.3, -0.25) is 9.69 Å². The molecule has 6 heteroatoms. The SMILES string of the molecule is C=C1/C=C\C(C2=CC(O)CC2)=C/CC2(N=C(N)N(C)C2=O)C2(CCC(OC)CC2)C1. The quantitative estimate of drug-likeness (QED) is 0.731. The van der Waals surface area contributed by atoms with E-state index in [-0.39, 0.29) is 23.4 Å². The molecule has 1 amide bonds. The molecule has 2 spiro atoms. The van der Waals surface area contributed by atoms with Crippen LogP contribution in [0, 0.1) is 5.41 Å². The number of nitrogens with two attached hydrogens (primary N) is 1. The van der Waals surface area contributed by atoms with Crippen molar-refractivity contribution >= 4 is 11.9 Å². The second kappa shape index (κ2) is 7.82. The van der Waals surface area contributed by atoms with Crippen molar-refractivity contribution in [2.45, 2.75) is 69.1 Å². The Kier molecular flexibility index (Phi) is 5.49. The number of methoxy groups -OCH3 is 1. The number of aliphatic hydroxyl groups is 1. The third kappa shape index (κ3) is 3.36. The molecule has 0 saturated heterocycles. The van der Waals surface area contributed by atoms with Gasteiger partial charge in [0.15, 0.2) is 11.5 Å². The number of likely N-dealkylation sites (N-methyl/N-ethyl adjacent to an activating group) is 1. The van der Waals surface area contributed by atoms with Gasteiger partial charge >= 0.3 is 0 Å². The lowest BCUT2D eigenvalue weighted by Crippen LogP contribution is -2.55. The van der Waals surface area contributed by atoms with Gasteiger partial charge in [0.25, 0.3) is 5.91 Å². The highest BCUT2D eigenvalue weighted by Gasteiger charge is 2.60. The van der Waals surface area contributed by atoms with Crippen molar-refractivity contribution in [2.24, 2.45) is 16.1 Å². The molecule has 0 bridgehead atoms. The molecule has 2 unspecified atom stereocenters. The average molecular weight is 412 g/mol. The summed E-state index contributed by atoms with van der Waals surface area (Å²) in [5, 5.41) is 9.97. The van der Waals surface area contributed by atoms with Crippen LogP contribution in [0.3, 0.4) is 0 Å². The Morgan fingerprint density at radius 2 is 2.03 bits per heavy atom. The standard InChI is InChI=1S/C24H33N3O3/c1-16-4-5-17(18-6-7-19(28)14-18)8-13-24(21(29)27(2)22(25)26-24)23(15-16)11-9-20(30-3)10-12-23/h4-5,8,14,19-20,28H,1,6-7,9-13,15H2,2-3H3,(H2,25,26)/b5-4-,17-8+. The first-order valence-corrected chi connectivity index (χ1v) is 10.9. The third-order valence-corrected chi connectivity index (χ3v) is 7.56. The number of hydrogen-bond acceptors (Lipinski definition) is 5. The van der Waals surface area contributed by atoms with E-state index in [0.717, 1.165) is 55.2 Å². The molecule has 4 aliphatic rings. The first-order chi connectivity index (χ1) is 14.3. The van der Waals surface area contributed by atoms with Crippen LogP contribution in [0.5, 0.6) is 0 Å². The topological polar surface area (TPSA) is 88.2 Å². The van der Waals surface area contributed by atoms with Gasteiger partial charge in [0.05, 0.1) is 12.2 Å². The fraction of sp³-hybridized carbons (Fsp3) is 0.583. The summed E-state index contributed by atoms with van der Waals surface area (Å²) in [6.45, 7) is 4.32. The van der Waals surface area contributed by atoms with E-state index in [2.05, 4.69) is 24.8 Å². The largest absolute Gasteiger partial charge is 0.389 e. The van der Waals surface area contributed by atoms with E-state index in [0.29, 0.717) is 12.8 Å². The molecular weight excluding hydrogens is 378 g/mol. The van der Waals surface area contributed by atoms with Gasteiger partial charge in [-0.05, 0) is 56.1 Å². The van der Waals surface area contributed by atoms with Crippen LogP contribution in [0.1, 0.15) is 51.4 Å². The van der Waals surface area contributed by atoms with Gasteiger partial charge in [-0.1, -0.05) is 36.5 Å². The second-order valence-corrected chi connectivity index (χ2v) is 9.24. The van der Waals surface area contributed by atoms with E-state index in [9.17, 15) is 9.90 Å².